The largest absolute Gasteiger partial charge is 0.0616 e. The fourth-order valence-electron chi connectivity index (χ4n) is 5.02. The van der Waals surface area contributed by atoms with Gasteiger partial charge in [0.2, 0.25) is 0 Å². The highest BCUT2D eigenvalue weighted by atomic mass is 14.2. The van der Waals surface area contributed by atoms with Gasteiger partial charge in [0, 0.05) is 0 Å². The van der Waals surface area contributed by atoms with Crippen LogP contribution in [0.1, 0.15) is 11.1 Å². The molecule has 0 saturated heterocycles. The van der Waals surface area contributed by atoms with Crippen LogP contribution in [0.5, 0.6) is 0 Å². The minimum atomic E-state index is 1.29. The monoisotopic (exact) mass is 382 g/mol. The predicted octanol–water partition coefficient (Wildman–Crippen LogP) is 8.58. The molecule has 0 saturated carbocycles. The van der Waals surface area contributed by atoms with Crippen molar-refractivity contribution in [3.05, 3.63) is 108 Å². The molecular formula is C30H22. The first kappa shape index (κ1) is 17.2. The van der Waals surface area contributed by atoms with Crippen LogP contribution in [-0.2, 0) is 0 Å². The van der Waals surface area contributed by atoms with E-state index in [1.165, 1.54) is 65.3 Å². The number of hydrogen-bond donors (Lipinski definition) is 0. The first-order valence-electron chi connectivity index (χ1n) is 10.5. The summed E-state index contributed by atoms with van der Waals surface area (Å²) in [5, 5.41) is 10.5. The molecule has 30 heavy (non-hydrogen) atoms. The Morgan fingerprint density at radius 3 is 1.23 bits per heavy atom. The molecule has 0 aromatic heterocycles. The van der Waals surface area contributed by atoms with E-state index in [1.807, 2.05) is 0 Å². The lowest BCUT2D eigenvalue weighted by Gasteiger charge is -2.18. The van der Waals surface area contributed by atoms with Gasteiger partial charge in [-0.25, -0.2) is 0 Å². The lowest BCUT2D eigenvalue weighted by molar-refractivity contribution is 1.53. The summed E-state index contributed by atoms with van der Waals surface area (Å²) in [7, 11) is 0. The number of hydrogen-bond acceptors (Lipinski definition) is 0. The molecule has 0 heterocycles. The Morgan fingerprint density at radius 2 is 0.767 bits per heavy atom. The van der Waals surface area contributed by atoms with Crippen LogP contribution in [0.25, 0.3) is 54.2 Å². The Balaban J connectivity index is 1.96. The van der Waals surface area contributed by atoms with Crippen molar-refractivity contribution in [2.75, 3.05) is 0 Å². The Morgan fingerprint density at radius 1 is 0.367 bits per heavy atom. The van der Waals surface area contributed by atoms with Crippen LogP contribution >= 0.6 is 0 Å². The highest BCUT2D eigenvalue weighted by Gasteiger charge is 2.17. The van der Waals surface area contributed by atoms with Crippen LogP contribution < -0.4 is 0 Å². The number of aryl methyl sites for hydroxylation is 2. The van der Waals surface area contributed by atoms with Crippen molar-refractivity contribution in [1.82, 2.24) is 0 Å². The van der Waals surface area contributed by atoms with Gasteiger partial charge in [0.05, 0.1) is 0 Å². The molecule has 6 aromatic carbocycles. The molecule has 0 aliphatic heterocycles. The van der Waals surface area contributed by atoms with Crippen molar-refractivity contribution in [2.24, 2.45) is 0 Å². The molecule has 0 radical (unpaired) electrons. The maximum Gasteiger partial charge on any atom is -0.00142 e. The van der Waals surface area contributed by atoms with E-state index >= 15 is 0 Å². The summed E-state index contributed by atoms with van der Waals surface area (Å²) in [6.07, 6.45) is 0. The first-order valence-corrected chi connectivity index (χ1v) is 10.5. The molecule has 0 fully saturated rings. The first-order chi connectivity index (χ1) is 14.7. The van der Waals surface area contributed by atoms with Gasteiger partial charge < -0.3 is 0 Å². The molecule has 0 nitrogen and oxygen atoms in total. The summed E-state index contributed by atoms with van der Waals surface area (Å²) in [5.74, 6) is 0. The van der Waals surface area contributed by atoms with Gasteiger partial charge in [-0.3, -0.25) is 0 Å². The van der Waals surface area contributed by atoms with E-state index in [0.717, 1.165) is 0 Å². The summed E-state index contributed by atoms with van der Waals surface area (Å²) in [4.78, 5) is 0. The van der Waals surface area contributed by atoms with Crippen molar-refractivity contribution in [2.45, 2.75) is 13.8 Å². The average molecular weight is 383 g/mol. The summed E-state index contributed by atoms with van der Waals surface area (Å²) >= 11 is 0. The SMILES string of the molecule is Cc1cccc2c(-c3c4ccccc4cc4c(C)cccc34)c3ccccc3cc12. The van der Waals surface area contributed by atoms with Crippen molar-refractivity contribution in [3.8, 4) is 11.1 Å². The van der Waals surface area contributed by atoms with Gasteiger partial charge in [-0.15, -0.1) is 0 Å². The molecule has 0 aliphatic rings. The van der Waals surface area contributed by atoms with Crippen molar-refractivity contribution in [3.63, 3.8) is 0 Å². The van der Waals surface area contributed by atoms with E-state index in [4.69, 9.17) is 0 Å². The van der Waals surface area contributed by atoms with Gasteiger partial charge in [0.15, 0.2) is 0 Å². The third-order valence-corrected chi connectivity index (χ3v) is 6.50. The maximum absolute atomic E-state index is 2.35. The van der Waals surface area contributed by atoms with E-state index < -0.39 is 0 Å². The van der Waals surface area contributed by atoms with Gasteiger partial charge >= 0.3 is 0 Å². The van der Waals surface area contributed by atoms with Gasteiger partial charge in [-0.1, -0.05) is 84.9 Å². The minimum Gasteiger partial charge on any atom is -0.0616 e. The highest BCUT2D eigenvalue weighted by molar-refractivity contribution is 6.23. The van der Waals surface area contributed by atoms with Crippen LogP contribution in [0.15, 0.2) is 97.1 Å². The minimum absolute atomic E-state index is 1.29. The molecule has 6 aromatic rings. The van der Waals surface area contributed by atoms with E-state index in [-0.39, 0.29) is 0 Å². The Bertz CT molecular complexity index is 1480. The Labute approximate surface area is 176 Å². The third kappa shape index (κ3) is 2.40. The summed E-state index contributed by atoms with van der Waals surface area (Å²) < 4.78 is 0. The number of fused-ring (bicyclic) bond motifs is 4. The molecule has 0 N–H and O–H groups in total. The zero-order valence-electron chi connectivity index (χ0n) is 17.2. The summed E-state index contributed by atoms with van der Waals surface area (Å²) in [6, 6.07) is 35.7. The lowest BCUT2D eigenvalue weighted by Crippen LogP contribution is -1.91. The third-order valence-electron chi connectivity index (χ3n) is 6.50. The van der Waals surface area contributed by atoms with Gasteiger partial charge in [0.1, 0.15) is 0 Å². The molecule has 0 amide bonds. The smallest absolute Gasteiger partial charge is 0.00142 e. The molecule has 6 rings (SSSR count). The summed E-state index contributed by atoms with van der Waals surface area (Å²) in [5.41, 5.74) is 5.33. The van der Waals surface area contributed by atoms with E-state index in [9.17, 15) is 0 Å². The number of benzene rings is 6. The Kier molecular flexibility index (Phi) is 3.70. The highest BCUT2D eigenvalue weighted by Crippen LogP contribution is 2.44. The Hall–Kier alpha value is -3.64. The quantitative estimate of drug-likeness (QED) is 0.250. The molecule has 0 atom stereocenters. The number of rotatable bonds is 1. The topological polar surface area (TPSA) is 0 Å². The molecule has 0 heteroatoms. The van der Waals surface area contributed by atoms with Gasteiger partial charge in [0.25, 0.3) is 0 Å². The maximum atomic E-state index is 2.35. The molecule has 142 valence electrons. The second-order valence-electron chi connectivity index (χ2n) is 8.29. The normalized spacial score (nSPS) is 11.7. The fraction of sp³-hybridized carbons (Fsp3) is 0.0667. The van der Waals surface area contributed by atoms with Crippen LogP contribution in [0.3, 0.4) is 0 Å². The second-order valence-corrected chi connectivity index (χ2v) is 8.29. The van der Waals surface area contributed by atoms with E-state index in [0.29, 0.717) is 0 Å². The molecule has 0 spiro atoms. The summed E-state index contributed by atoms with van der Waals surface area (Å²) in [6.45, 7) is 4.43. The van der Waals surface area contributed by atoms with Gasteiger partial charge in [-0.05, 0) is 91.3 Å². The lowest BCUT2D eigenvalue weighted by atomic mass is 9.85. The van der Waals surface area contributed by atoms with Crippen LogP contribution in [-0.4, -0.2) is 0 Å². The van der Waals surface area contributed by atoms with Crippen molar-refractivity contribution >= 4 is 43.1 Å². The average Bonchev–Trinajstić information content (AvgIpc) is 2.77. The predicted molar refractivity (Wildman–Crippen MR) is 131 cm³/mol. The second kappa shape index (κ2) is 6.43. The standard InChI is InChI=1S/C30H22/c1-19-9-7-15-25-27(19)17-21-11-3-5-13-23(21)29(25)30-24-14-6-4-12-22(24)18-28-20(2)10-8-16-26(28)30/h3-18H,1-2H3. The molecule has 0 unspecified atom stereocenters. The zero-order valence-corrected chi connectivity index (χ0v) is 17.2. The fourth-order valence-corrected chi connectivity index (χ4v) is 5.02. The van der Waals surface area contributed by atoms with Gasteiger partial charge in [-0.2, -0.15) is 0 Å². The molecule has 0 bridgehead atoms. The van der Waals surface area contributed by atoms with Crippen LogP contribution in [0.2, 0.25) is 0 Å². The van der Waals surface area contributed by atoms with Crippen LogP contribution in [0.4, 0.5) is 0 Å². The van der Waals surface area contributed by atoms with E-state index in [2.05, 4.69) is 111 Å². The van der Waals surface area contributed by atoms with Crippen LogP contribution in [0, 0.1) is 13.8 Å². The van der Waals surface area contributed by atoms with E-state index in [1.54, 1.807) is 0 Å². The van der Waals surface area contributed by atoms with Crippen molar-refractivity contribution < 1.29 is 0 Å². The van der Waals surface area contributed by atoms with Crippen molar-refractivity contribution in [1.29, 1.82) is 0 Å². The molecular weight excluding hydrogens is 360 g/mol. The zero-order chi connectivity index (χ0) is 20.2. The molecule has 0 aliphatic carbocycles.